The molecule has 0 amide bonds. The van der Waals surface area contributed by atoms with E-state index in [9.17, 15) is 14.7 Å². The van der Waals surface area contributed by atoms with Crippen molar-refractivity contribution in [3.05, 3.63) is 117 Å². The predicted molar refractivity (Wildman–Crippen MR) is 142 cm³/mol. The van der Waals surface area contributed by atoms with Gasteiger partial charge >= 0.3 is 5.97 Å². The van der Waals surface area contributed by atoms with Crippen molar-refractivity contribution in [1.82, 2.24) is 19.3 Å². The molecule has 0 fully saturated rings. The van der Waals surface area contributed by atoms with Gasteiger partial charge < -0.3 is 9.67 Å². The maximum atomic E-state index is 12.5. The van der Waals surface area contributed by atoms with Gasteiger partial charge in [-0.2, -0.15) is 5.10 Å². The number of aryl methyl sites for hydroxylation is 4. The largest absolute Gasteiger partial charge is 0.481 e. The normalized spacial score (nSPS) is 13.7. The molecule has 3 heterocycles. The Balaban J connectivity index is 1.29. The molecule has 1 aromatic carbocycles. The van der Waals surface area contributed by atoms with Crippen LogP contribution in [0.2, 0.25) is 0 Å². The van der Waals surface area contributed by atoms with E-state index in [-0.39, 0.29) is 12.0 Å². The van der Waals surface area contributed by atoms with Crippen LogP contribution in [0.15, 0.2) is 77.9 Å². The lowest BCUT2D eigenvalue weighted by molar-refractivity contribution is -0.137. The summed E-state index contributed by atoms with van der Waals surface area (Å²) < 4.78 is 3.34. The topological polar surface area (TPSA) is 90.0 Å². The minimum Gasteiger partial charge on any atom is -0.481 e. The highest BCUT2D eigenvalue weighted by Crippen LogP contribution is 2.23. The fraction of sp³-hybridized carbons (Fsp3) is 0.333. The molecule has 7 heteroatoms. The molecule has 0 unspecified atom stereocenters. The van der Waals surface area contributed by atoms with Gasteiger partial charge in [0, 0.05) is 29.8 Å². The van der Waals surface area contributed by atoms with E-state index in [1.807, 2.05) is 42.6 Å². The lowest BCUT2D eigenvalue weighted by Gasteiger charge is -2.18. The predicted octanol–water partition coefficient (Wildman–Crippen LogP) is 4.61. The van der Waals surface area contributed by atoms with E-state index in [0.717, 1.165) is 54.6 Å². The van der Waals surface area contributed by atoms with Crippen molar-refractivity contribution in [1.29, 1.82) is 0 Å². The molecule has 7 nitrogen and oxygen atoms in total. The molecular formula is C30H32N4O3. The third-order valence-corrected chi connectivity index (χ3v) is 7.04. The summed E-state index contributed by atoms with van der Waals surface area (Å²) in [6.07, 6.45) is 10.8. The van der Waals surface area contributed by atoms with Crippen LogP contribution in [0, 0.1) is 0 Å². The van der Waals surface area contributed by atoms with Crippen molar-refractivity contribution in [3.63, 3.8) is 0 Å². The Morgan fingerprint density at radius 2 is 1.76 bits per heavy atom. The lowest BCUT2D eigenvalue weighted by Crippen LogP contribution is -2.23. The zero-order valence-electron chi connectivity index (χ0n) is 20.9. The van der Waals surface area contributed by atoms with Gasteiger partial charge in [-0.1, -0.05) is 36.4 Å². The Bertz CT molecular complexity index is 1420. The molecule has 0 saturated carbocycles. The molecule has 0 aliphatic heterocycles. The highest BCUT2D eigenvalue weighted by molar-refractivity contribution is 5.68. The number of pyridine rings is 2. The number of hydrogen-bond acceptors (Lipinski definition) is 4. The van der Waals surface area contributed by atoms with Crippen molar-refractivity contribution in [2.45, 2.75) is 64.0 Å². The van der Waals surface area contributed by atoms with Crippen molar-refractivity contribution < 1.29 is 9.90 Å². The highest BCUT2D eigenvalue weighted by atomic mass is 16.4. The minimum atomic E-state index is -0.915. The quantitative estimate of drug-likeness (QED) is 0.346. The number of benzene rings is 1. The fourth-order valence-corrected chi connectivity index (χ4v) is 5.08. The van der Waals surface area contributed by atoms with Gasteiger partial charge in [0.2, 0.25) is 0 Å². The second kappa shape index (κ2) is 11.4. The van der Waals surface area contributed by atoms with E-state index in [1.54, 1.807) is 21.5 Å². The second-order valence-corrected chi connectivity index (χ2v) is 9.78. The number of rotatable bonds is 10. The molecular weight excluding hydrogens is 464 g/mol. The van der Waals surface area contributed by atoms with Crippen LogP contribution in [0.1, 0.15) is 65.5 Å². The molecule has 1 aliphatic carbocycles. The van der Waals surface area contributed by atoms with Crippen molar-refractivity contribution in [2.75, 3.05) is 0 Å². The van der Waals surface area contributed by atoms with Crippen LogP contribution in [-0.4, -0.2) is 30.4 Å². The number of aliphatic carboxylic acids is 1. The van der Waals surface area contributed by atoms with Crippen LogP contribution >= 0.6 is 0 Å². The summed E-state index contributed by atoms with van der Waals surface area (Å²) in [6.45, 7) is 0.425. The molecule has 1 aliphatic rings. The van der Waals surface area contributed by atoms with E-state index in [4.69, 9.17) is 10.1 Å². The number of carboxylic acid groups (broad SMARTS) is 1. The van der Waals surface area contributed by atoms with Crippen molar-refractivity contribution in [3.8, 4) is 0 Å². The van der Waals surface area contributed by atoms with Crippen LogP contribution in [-0.2, 0) is 37.0 Å². The van der Waals surface area contributed by atoms with Crippen LogP contribution < -0.4 is 5.56 Å². The maximum absolute atomic E-state index is 12.5. The van der Waals surface area contributed by atoms with E-state index < -0.39 is 12.0 Å². The first kappa shape index (κ1) is 24.7. The van der Waals surface area contributed by atoms with E-state index >= 15 is 0 Å². The van der Waals surface area contributed by atoms with Gasteiger partial charge in [0.25, 0.3) is 5.56 Å². The Hall–Kier alpha value is -4.00. The molecule has 1 atom stereocenters. The fourth-order valence-electron chi connectivity index (χ4n) is 5.08. The van der Waals surface area contributed by atoms with E-state index in [2.05, 4.69) is 12.1 Å². The summed E-state index contributed by atoms with van der Waals surface area (Å²) in [6, 6.07) is 18.8. The Labute approximate surface area is 216 Å². The third-order valence-electron chi connectivity index (χ3n) is 7.04. The first-order chi connectivity index (χ1) is 18.0. The molecule has 37 heavy (non-hydrogen) atoms. The number of nitrogens with zero attached hydrogens (tertiary/aromatic N) is 4. The van der Waals surface area contributed by atoms with Gasteiger partial charge in [-0.15, -0.1) is 0 Å². The summed E-state index contributed by atoms with van der Waals surface area (Å²) in [5.41, 5.74) is 6.33. The van der Waals surface area contributed by atoms with Gasteiger partial charge in [0.15, 0.2) is 0 Å². The Morgan fingerprint density at radius 1 is 0.946 bits per heavy atom. The van der Waals surface area contributed by atoms with Gasteiger partial charge in [-0.25, -0.2) is 0 Å². The van der Waals surface area contributed by atoms with Gasteiger partial charge in [0.1, 0.15) is 0 Å². The molecule has 4 aromatic rings. The summed E-state index contributed by atoms with van der Waals surface area (Å²) in [5.74, 6) is -0.915. The lowest BCUT2D eigenvalue weighted by atomic mass is 9.95. The molecule has 5 rings (SSSR count). The zero-order valence-corrected chi connectivity index (χ0v) is 20.9. The number of hydrogen-bond donors (Lipinski definition) is 1. The first-order valence-electron chi connectivity index (χ1n) is 13.0. The summed E-state index contributed by atoms with van der Waals surface area (Å²) in [5, 5.41) is 14.3. The average molecular weight is 497 g/mol. The number of aromatic nitrogens is 4. The zero-order chi connectivity index (χ0) is 25.6. The minimum absolute atomic E-state index is 0.121. The summed E-state index contributed by atoms with van der Waals surface area (Å²) in [7, 11) is 0. The van der Waals surface area contributed by atoms with Crippen LogP contribution in [0.4, 0.5) is 0 Å². The van der Waals surface area contributed by atoms with Crippen LogP contribution in [0.3, 0.4) is 0 Å². The average Bonchev–Trinajstić information content (AvgIpc) is 3.38. The Kier molecular flexibility index (Phi) is 7.59. The van der Waals surface area contributed by atoms with Crippen molar-refractivity contribution >= 4 is 5.97 Å². The van der Waals surface area contributed by atoms with E-state index in [1.165, 1.54) is 30.2 Å². The second-order valence-electron chi connectivity index (χ2n) is 9.78. The SMILES string of the molecule is O=C(O)C[C@@H](c1ccc(=O)n(Cc2ccccc2)c1)n1ccc(CCCc2ccc3c(n2)CCCC3)n1. The summed E-state index contributed by atoms with van der Waals surface area (Å²) in [4.78, 5) is 29.1. The van der Waals surface area contributed by atoms with Gasteiger partial charge in [-0.05, 0) is 79.8 Å². The van der Waals surface area contributed by atoms with Crippen molar-refractivity contribution in [2.24, 2.45) is 0 Å². The van der Waals surface area contributed by atoms with Crippen LogP contribution in [0.25, 0.3) is 0 Å². The molecule has 0 saturated heterocycles. The molecule has 190 valence electrons. The molecule has 0 bridgehead atoms. The van der Waals surface area contributed by atoms with Gasteiger partial charge in [-0.3, -0.25) is 19.3 Å². The smallest absolute Gasteiger partial charge is 0.305 e. The standard InChI is InChI=1S/C30H32N4O3/c35-29-16-14-24(21-33(29)20-22-7-2-1-3-8-22)28(19-30(36)37)34-18-17-26(32-34)11-6-10-25-15-13-23-9-4-5-12-27(23)31-25/h1-3,7-8,13-18,21,28H,4-6,9-12,19-20H2,(H,36,37)/t28-/m0/s1. The number of carboxylic acids is 1. The number of carbonyl (C=O) groups is 1. The monoisotopic (exact) mass is 496 g/mol. The van der Waals surface area contributed by atoms with Gasteiger partial charge in [0.05, 0.1) is 24.7 Å². The molecule has 0 radical (unpaired) electrons. The first-order valence-corrected chi connectivity index (χ1v) is 13.0. The summed E-state index contributed by atoms with van der Waals surface area (Å²) >= 11 is 0. The molecule has 1 N–H and O–H groups in total. The van der Waals surface area contributed by atoms with E-state index in [0.29, 0.717) is 6.54 Å². The molecule has 3 aromatic heterocycles. The highest BCUT2D eigenvalue weighted by Gasteiger charge is 2.20. The van der Waals surface area contributed by atoms with Crippen LogP contribution in [0.5, 0.6) is 0 Å². The number of fused-ring (bicyclic) bond motifs is 1. The Morgan fingerprint density at radius 3 is 2.59 bits per heavy atom. The maximum Gasteiger partial charge on any atom is 0.305 e. The molecule has 0 spiro atoms. The third kappa shape index (κ3) is 6.23.